The molecule has 1 unspecified atom stereocenters. The molecule has 1 saturated heterocycles. The van der Waals surface area contributed by atoms with E-state index in [9.17, 15) is 9.90 Å². The minimum Gasteiger partial charge on any atom is -0.387 e. The molecule has 118 valence electrons. The van der Waals surface area contributed by atoms with Gasteiger partial charge in [0.25, 0.3) is 5.91 Å². The molecule has 5 heteroatoms. The maximum atomic E-state index is 12.2. The van der Waals surface area contributed by atoms with E-state index in [1.54, 1.807) is 0 Å². The number of pyridine rings is 1. The average molecular weight is 302 g/mol. The maximum absolute atomic E-state index is 12.2. The molecule has 3 heterocycles. The predicted molar refractivity (Wildman–Crippen MR) is 84.1 cm³/mol. The van der Waals surface area contributed by atoms with Crippen LogP contribution in [-0.2, 0) is 4.74 Å². The molecule has 5 nitrogen and oxygen atoms in total. The third kappa shape index (κ3) is 3.15. The van der Waals surface area contributed by atoms with Gasteiger partial charge in [0.2, 0.25) is 0 Å². The van der Waals surface area contributed by atoms with E-state index in [4.69, 9.17) is 4.74 Å². The summed E-state index contributed by atoms with van der Waals surface area (Å²) < 4.78 is 7.27. The van der Waals surface area contributed by atoms with Crippen LogP contribution in [0.5, 0.6) is 0 Å². The lowest BCUT2D eigenvalue weighted by molar-refractivity contribution is -0.0887. The Morgan fingerprint density at radius 1 is 1.55 bits per heavy atom. The molecule has 1 aliphatic heterocycles. The van der Waals surface area contributed by atoms with E-state index in [1.165, 1.54) is 0 Å². The van der Waals surface area contributed by atoms with Gasteiger partial charge in [-0.1, -0.05) is 6.07 Å². The molecule has 1 amide bonds. The Bertz CT molecular complexity index is 672. The van der Waals surface area contributed by atoms with Crippen LogP contribution in [0.4, 0.5) is 0 Å². The van der Waals surface area contributed by atoms with Crippen molar-refractivity contribution in [2.24, 2.45) is 0 Å². The minimum absolute atomic E-state index is 0.108. The van der Waals surface area contributed by atoms with E-state index >= 15 is 0 Å². The highest BCUT2D eigenvalue weighted by molar-refractivity contribution is 5.95. The van der Waals surface area contributed by atoms with Gasteiger partial charge in [0.05, 0.1) is 17.8 Å². The summed E-state index contributed by atoms with van der Waals surface area (Å²) in [5, 5.41) is 13.2. The van der Waals surface area contributed by atoms with Crippen LogP contribution < -0.4 is 5.32 Å². The van der Waals surface area contributed by atoms with Crippen LogP contribution >= 0.6 is 0 Å². The van der Waals surface area contributed by atoms with Crippen LogP contribution in [0.1, 0.15) is 35.2 Å². The van der Waals surface area contributed by atoms with Crippen molar-refractivity contribution in [2.45, 2.75) is 31.8 Å². The summed E-state index contributed by atoms with van der Waals surface area (Å²) in [7, 11) is 0. The number of ether oxygens (including phenoxy) is 1. The molecule has 22 heavy (non-hydrogen) atoms. The molecular formula is C17H22N2O3. The summed E-state index contributed by atoms with van der Waals surface area (Å²) >= 11 is 0. The molecule has 0 radical (unpaired) electrons. The fourth-order valence-electron chi connectivity index (χ4n) is 2.95. The number of aromatic nitrogens is 1. The molecule has 0 spiro atoms. The van der Waals surface area contributed by atoms with Crippen LogP contribution in [-0.4, -0.2) is 40.8 Å². The van der Waals surface area contributed by atoms with Crippen molar-refractivity contribution in [3.63, 3.8) is 0 Å². The fraction of sp³-hybridized carbons (Fsp3) is 0.471. The van der Waals surface area contributed by atoms with Crippen LogP contribution in [0.15, 0.2) is 30.6 Å². The van der Waals surface area contributed by atoms with Gasteiger partial charge in [0.1, 0.15) is 0 Å². The van der Waals surface area contributed by atoms with Gasteiger partial charge >= 0.3 is 0 Å². The van der Waals surface area contributed by atoms with Crippen molar-refractivity contribution in [2.75, 3.05) is 19.8 Å². The number of amides is 1. The zero-order chi connectivity index (χ0) is 15.6. The first kappa shape index (κ1) is 15.1. The van der Waals surface area contributed by atoms with Crippen molar-refractivity contribution in [3.05, 3.63) is 41.7 Å². The molecule has 1 aliphatic rings. The average Bonchev–Trinajstić information content (AvgIpc) is 2.93. The molecule has 2 aromatic heterocycles. The lowest BCUT2D eigenvalue weighted by Crippen LogP contribution is -2.41. The lowest BCUT2D eigenvalue weighted by Gasteiger charge is -2.31. The van der Waals surface area contributed by atoms with Gasteiger partial charge in [-0.2, -0.15) is 0 Å². The smallest absolute Gasteiger partial charge is 0.252 e. The van der Waals surface area contributed by atoms with Gasteiger partial charge in [-0.15, -0.1) is 0 Å². The highest BCUT2D eigenvalue weighted by Crippen LogP contribution is 2.22. The summed E-state index contributed by atoms with van der Waals surface area (Å²) in [5.41, 5.74) is 2.01. The quantitative estimate of drug-likeness (QED) is 0.907. The van der Waals surface area contributed by atoms with Crippen LogP contribution in [0.25, 0.3) is 5.52 Å². The van der Waals surface area contributed by atoms with Crippen LogP contribution in [0.3, 0.4) is 0 Å². The number of nitrogens with zero attached hydrogens (tertiary/aromatic N) is 1. The second-order valence-corrected chi connectivity index (χ2v) is 6.10. The Labute approximate surface area is 129 Å². The predicted octanol–water partition coefficient (Wildman–Crippen LogP) is 1.91. The first-order valence-electron chi connectivity index (χ1n) is 7.73. The van der Waals surface area contributed by atoms with Crippen LogP contribution in [0, 0.1) is 6.92 Å². The Balaban J connectivity index is 1.60. The first-order chi connectivity index (χ1) is 10.6. The number of nitrogens with one attached hydrogen (secondary N) is 1. The van der Waals surface area contributed by atoms with Crippen molar-refractivity contribution in [1.29, 1.82) is 0 Å². The summed E-state index contributed by atoms with van der Waals surface area (Å²) in [6.07, 6.45) is 5.88. The Hall–Kier alpha value is -1.85. The third-order valence-electron chi connectivity index (χ3n) is 4.29. The highest BCUT2D eigenvalue weighted by atomic mass is 16.5. The zero-order valence-electron chi connectivity index (χ0n) is 12.8. The molecule has 1 fully saturated rings. The van der Waals surface area contributed by atoms with E-state index in [2.05, 4.69) is 5.32 Å². The Morgan fingerprint density at radius 2 is 2.41 bits per heavy atom. The number of aryl methyl sites for hydroxylation is 1. The highest BCUT2D eigenvalue weighted by Gasteiger charge is 2.29. The Kier molecular flexibility index (Phi) is 4.18. The lowest BCUT2D eigenvalue weighted by atomic mass is 9.93. The fourth-order valence-corrected chi connectivity index (χ4v) is 2.95. The zero-order valence-corrected chi connectivity index (χ0v) is 12.8. The van der Waals surface area contributed by atoms with Gasteiger partial charge in [0, 0.05) is 31.1 Å². The largest absolute Gasteiger partial charge is 0.387 e. The van der Waals surface area contributed by atoms with Gasteiger partial charge in [0.15, 0.2) is 0 Å². The number of hydrogen-bond acceptors (Lipinski definition) is 3. The van der Waals surface area contributed by atoms with E-state index in [-0.39, 0.29) is 5.91 Å². The van der Waals surface area contributed by atoms with E-state index < -0.39 is 5.60 Å². The molecular weight excluding hydrogens is 280 g/mol. The normalized spacial score (nSPS) is 21.9. The molecule has 0 aliphatic carbocycles. The number of carbonyl (C=O) groups is 1. The minimum atomic E-state index is -0.798. The number of rotatable bonds is 4. The van der Waals surface area contributed by atoms with Crippen molar-refractivity contribution in [3.8, 4) is 0 Å². The molecule has 0 saturated carbocycles. The molecule has 3 rings (SSSR count). The second kappa shape index (κ2) is 6.10. The van der Waals surface area contributed by atoms with Gasteiger partial charge in [-0.05, 0) is 43.9 Å². The van der Waals surface area contributed by atoms with Crippen molar-refractivity contribution in [1.82, 2.24) is 9.72 Å². The summed E-state index contributed by atoms with van der Waals surface area (Å²) in [6.45, 7) is 3.54. The van der Waals surface area contributed by atoms with Crippen LogP contribution in [0.2, 0.25) is 0 Å². The number of fused-ring (bicyclic) bond motifs is 1. The SMILES string of the molecule is Cc1cccn2cc(C(=O)NCCC3(O)CCCOC3)cc12. The summed E-state index contributed by atoms with van der Waals surface area (Å²) in [6, 6.07) is 5.88. The van der Waals surface area contributed by atoms with E-state index in [0.717, 1.165) is 23.9 Å². The third-order valence-corrected chi connectivity index (χ3v) is 4.29. The molecule has 1 atom stereocenters. The van der Waals surface area contributed by atoms with Gasteiger partial charge in [-0.25, -0.2) is 0 Å². The van der Waals surface area contributed by atoms with Gasteiger partial charge in [-0.3, -0.25) is 4.79 Å². The summed E-state index contributed by atoms with van der Waals surface area (Å²) in [4.78, 5) is 12.2. The summed E-state index contributed by atoms with van der Waals surface area (Å²) in [5.74, 6) is -0.108. The maximum Gasteiger partial charge on any atom is 0.252 e. The molecule has 0 bridgehead atoms. The first-order valence-corrected chi connectivity index (χ1v) is 7.73. The second-order valence-electron chi connectivity index (χ2n) is 6.10. The topological polar surface area (TPSA) is 63.0 Å². The molecule has 2 aromatic rings. The number of carbonyl (C=O) groups excluding carboxylic acids is 1. The number of hydrogen-bond donors (Lipinski definition) is 2. The Morgan fingerprint density at radius 3 is 3.14 bits per heavy atom. The van der Waals surface area contributed by atoms with Crippen molar-refractivity contribution < 1.29 is 14.6 Å². The van der Waals surface area contributed by atoms with Crippen molar-refractivity contribution >= 4 is 11.4 Å². The molecule has 2 N–H and O–H groups in total. The van der Waals surface area contributed by atoms with E-state index in [0.29, 0.717) is 31.7 Å². The standard InChI is InChI=1S/C17H22N2O3/c1-13-4-2-8-19-11-14(10-15(13)19)16(20)18-7-6-17(21)5-3-9-22-12-17/h2,4,8,10-11,21H,3,5-7,9,12H2,1H3,(H,18,20). The number of aliphatic hydroxyl groups is 1. The monoisotopic (exact) mass is 302 g/mol. The van der Waals surface area contributed by atoms with E-state index in [1.807, 2.05) is 41.9 Å². The molecule has 0 aromatic carbocycles. The van der Waals surface area contributed by atoms with Gasteiger partial charge < -0.3 is 19.6 Å².